The Bertz CT molecular complexity index is 524. The predicted molar refractivity (Wildman–Crippen MR) is 70.7 cm³/mol. The lowest BCUT2D eigenvalue weighted by Crippen LogP contribution is -2.64. The van der Waals surface area contributed by atoms with Gasteiger partial charge in [0.25, 0.3) is 5.60 Å². The summed E-state index contributed by atoms with van der Waals surface area (Å²) in [6.07, 6.45) is -9.69. The van der Waals surface area contributed by atoms with Gasteiger partial charge in [0.05, 0.1) is 5.92 Å². The van der Waals surface area contributed by atoms with E-state index in [4.69, 9.17) is 0 Å². The first-order chi connectivity index (χ1) is 10.8. The van der Waals surface area contributed by atoms with Crippen molar-refractivity contribution in [3.05, 3.63) is 12.2 Å². The van der Waals surface area contributed by atoms with Crippen LogP contribution < -0.4 is 0 Å². The van der Waals surface area contributed by atoms with Gasteiger partial charge >= 0.3 is 18.3 Å². The molecule has 1 fully saturated rings. The summed E-state index contributed by atoms with van der Waals surface area (Å²) in [5.74, 6) is -1.87. The van der Waals surface area contributed by atoms with Gasteiger partial charge in [-0.25, -0.2) is 0 Å². The van der Waals surface area contributed by atoms with E-state index >= 15 is 0 Å². The van der Waals surface area contributed by atoms with Crippen LogP contribution in [-0.4, -0.2) is 35.1 Å². The summed E-state index contributed by atoms with van der Waals surface area (Å²) < 4.78 is 81.3. The fourth-order valence-corrected chi connectivity index (χ4v) is 3.71. The van der Waals surface area contributed by atoms with Gasteiger partial charge in [-0.1, -0.05) is 19.1 Å². The smallest absolute Gasteiger partial charge is 0.430 e. The molecule has 4 atom stereocenters. The summed E-state index contributed by atoms with van der Waals surface area (Å²) >= 11 is 0. The number of hydrogen-bond acceptors (Lipinski definition) is 3. The Balaban J connectivity index is 2.21. The Morgan fingerprint density at radius 2 is 1.83 bits per heavy atom. The van der Waals surface area contributed by atoms with Crippen LogP contribution in [0.25, 0.3) is 0 Å². The number of ether oxygens (including phenoxy) is 1. The molecule has 2 rings (SSSR count). The summed E-state index contributed by atoms with van der Waals surface area (Å²) in [5.41, 5.74) is -5.70. The third-order valence-electron chi connectivity index (χ3n) is 5.26. The van der Waals surface area contributed by atoms with E-state index in [9.17, 15) is 36.2 Å². The molecule has 3 nitrogen and oxygen atoms in total. The molecule has 2 bridgehead atoms. The van der Waals surface area contributed by atoms with Crippen LogP contribution in [0, 0.1) is 17.3 Å². The molecule has 1 N–H and O–H groups in total. The maximum Gasteiger partial charge on any atom is 0.430 e. The summed E-state index contributed by atoms with van der Waals surface area (Å²) in [5, 5.41) is 9.26. The van der Waals surface area contributed by atoms with Crippen molar-refractivity contribution in [3.63, 3.8) is 0 Å². The highest BCUT2D eigenvalue weighted by molar-refractivity contribution is 5.75. The predicted octanol–water partition coefficient (Wildman–Crippen LogP) is 3.77. The van der Waals surface area contributed by atoms with E-state index in [1.54, 1.807) is 13.0 Å². The molecule has 2 aliphatic rings. The molecule has 0 heterocycles. The maximum absolute atomic E-state index is 12.8. The largest absolute Gasteiger partial charge is 0.459 e. The molecule has 0 spiro atoms. The van der Waals surface area contributed by atoms with Crippen LogP contribution in [0.2, 0.25) is 0 Å². The Kier molecular flexibility index (Phi) is 4.48. The fourth-order valence-electron chi connectivity index (χ4n) is 3.71. The number of alkyl halides is 6. The molecular weight excluding hydrogens is 342 g/mol. The van der Waals surface area contributed by atoms with Crippen LogP contribution in [-0.2, 0) is 9.53 Å². The van der Waals surface area contributed by atoms with Crippen LogP contribution >= 0.6 is 0 Å². The molecule has 1 saturated carbocycles. The molecule has 0 aromatic heterocycles. The van der Waals surface area contributed by atoms with Gasteiger partial charge in [0, 0.05) is 5.41 Å². The van der Waals surface area contributed by atoms with Gasteiger partial charge in [0.1, 0.15) is 6.10 Å². The van der Waals surface area contributed by atoms with Crippen molar-refractivity contribution in [2.75, 3.05) is 0 Å². The number of carbonyl (C=O) groups is 1. The second-order valence-corrected chi connectivity index (χ2v) is 6.54. The molecule has 0 aromatic carbocycles. The van der Waals surface area contributed by atoms with E-state index in [1.165, 1.54) is 0 Å². The number of aliphatic hydroxyl groups is 1. The van der Waals surface area contributed by atoms with Crippen LogP contribution in [0.4, 0.5) is 26.3 Å². The second-order valence-electron chi connectivity index (χ2n) is 6.54. The number of halogens is 6. The monoisotopic (exact) mass is 360 g/mol. The summed E-state index contributed by atoms with van der Waals surface area (Å²) in [7, 11) is 0. The van der Waals surface area contributed by atoms with Crippen molar-refractivity contribution in [3.8, 4) is 0 Å². The molecule has 138 valence electrons. The molecule has 2 aliphatic carbocycles. The zero-order valence-corrected chi connectivity index (χ0v) is 13.0. The minimum Gasteiger partial charge on any atom is -0.459 e. The number of carbonyl (C=O) groups excluding carboxylic acids is 1. The maximum atomic E-state index is 12.8. The lowest BCUT2D eigenvalue weighted by Gasteiger charge is -2.38. The van der Waals surface area contributed by atoms with Crippen molar-refractivity contribution in [1.29, 1.82) is 0 Å². The standard InChI is InChI=1S/C15H18F6O3/c1-3-12-5-4-9(7-12)6-10(12)11(22)24-8(2)13(23,14(16,17)18)15(19,20)21/h4-5,8-10,23H,3,6-7H2,1-2H3. The van der Waals surface area contributed by atoms with Gasteiger partial charge in [0.15, 0.2) is 0 Å². The van der Waals surface area contributed by atoms with Crippen LogP contribution in [0.5, 0.6) is 0 Å². The highest BCUT2D eigenvalue weighted by atomic mass is 19.4. The molecule has 0 aromatic rings. The second kappa shape index (κ2) is 5.64. The lowest BCUT2D eigenvalue weighted by atomic mass is 9.76. The van der Waals surface area contributed by atoms with E-state index in [2.05, 4.69) is 4.74 Å². The average Bonchev–Trinajstić information content (AvgIpc) is 3.02. The molecule has 9 heteroatoms. The van der Waals surface area contributed by atoms with Crippen molar-refractivity contribution < 1.29 is 41.0 Å². The van der Waals surface area contributed by atoms with Crippen LogP contribution in [0.3, 0.4) is 0 Å². The zero-order chi connectivity index (χ0) is 18.6. The minimum atomic E-state index is -6.03. The van der Waals surface area contributed by atoms with Gasteiger partial charge < -0.3 is 9.84 Å². The van der Waals surface area contributed by atoms with Gasteiger partial charge in [0.2, 0.25) is 0 Å². The highest BCUT2D eigenvalue weighted by Crippen LogP contribution is 2.56. The van der Waals surface area contributed by atoms with Gasteiger partial charge in [-0.05, 0) is 32.1 Å². The van der Waals surface area contributed by atoms with Crippen molar-refractivity contribution in [2.24, 2.45) is 17.3 Å². The van der Waals surface area contributed by atoms with Gasteiger partial charge in [-0.2, -0.15) is 26.3 Å². The van der Waals surface area contributed by atoms with E-state index in [0.717, 1.165) is 0 Å². The zero-order valence-electron chi connectivity index (χ0n) is 13.0. The Labute approximate surface area is 134 Å². The molecule has 0 aliphatic heterocycles. The molecule has 0 saturated heterocycles. The number of hydrogen-bond donors (Lipinski definition) is 1. The van der Waals surface area contributed by atoms with Gasteiger partial charge in [-0.15, -0.1) is 0 Å². The molecule has 0 radical (unpaired) electrons. The average molecular weight is 360 g/mol. The van der Waals surface area contributed by atoms with Crippen molar-refractivity contribution >= 4 is 5.97 Å². The highest BCUT2D eigenvalue weighted by Gasteiger charge is 2.74. The third kappa shape index (κ3) is 2.70. The molecule has 4 unspecified atom stereocenters. The first-order valence-corrected chi connectivity index (χ1v) is 7.54. The molecule has 0 amide bonds. The lowest BCUT2D eigenvalue weighted by molar-refractivity contribution is -0.389. The normalized spacial score (nSPS) is 31.4. The fraction of sp³-hybridized carbons (Fsp3) is 0.800. The Morgan fingerprint density at radius 1 is 1.29 bits per heavy atom. The van der Waals surface area contributed by atoms with Crippen LogP contribution in [0.1, 0.15) is 33.1 Å². The molecule has 24 heavy (non-hydrogen) atoms. The number of fused-ring (bicyclic) bond motifs is 2. The topological polar surface area (TPSA) is 46.5 Å². The SMILES string of the molecule is CCC12C=CC(CC1C(=O)OC(C)C(O)(C(F)(F)F)C(F)(F)F)C2. The van der Waals surface area contributed by atoms with E-state index < -0.39 is 41.4 Å². The summed E-state index contributed by atoms with van der Waals surface area (Å²) in [6.45, 7) is 2.20. The third-order valence-corrected chi connectivity index (χ3v) is 5.26. The van der Waals surface area contributed by atoms with Gasteiger partial charge in [-0.3, -0.25) is 4.79 Å². The number of allylic oxidation sites excluding steroid dienone is 2. The molecular formula is C15H18F6O3. The van der Waals surface area contributed by atoms with E-state index in [1.807, 2.05) is 6.08 Å². The number of esters is 1. The van der Waals surface area contributed by atoms with E-state index in [-0.39, 0.29) is 5.92 Å². The number of rotatable bonds is 4. The van der Waals surface area contributed by atoms with Crippen LogP contribution in [0.15, 0.2) is 12.2 Å². The quantitative estimate of drug-likeness (QED) is 0.472. The van der Waals surface area contributed by atoms with E-state index in [0.29, 0.717) is 26.2 Å². The minimum absolute atomic E-state index is 0.0712. The Hall–Kier alpha value is -1.25. The summed E-state index contributed by atoms with van der Waals surface area (Å²) in [6, 6.07) is 0. The van der Waals surface area contributed by atoms with Crippen molar-refractivity contribution in [1.82, 2.24) is 0 Å². The first-order valence-electron chi connectivity index (χ1n) is 7.54. The van der Waals surface area contributed by atoms with Crippen molar-refractivity contribution in [2.45, 2.75) is 57.2 Å². The summed E-state index contributed by atoms with van der Waals surface area (Å²) in [4.78, 5) is 12.2. The Morgan fingerprint density at radius 3 is 2.25 bits per heavy atom. The first kappa shape index (κ1) is 19.1.